The van der Waals surface area contributed by atoms with Crippen LogP contribution in [0, 0.1) is 0 Å². The van der Waals surface area contributed by atoms with Crippen molar-refractivity contribution in [2.75, 3.05) is 36.8 Å². The molecule has 7 nitrogen and oxygen atoms in total. The minimum absolute atomic E-state index is 0.00521. The standard InChI is InChI=1S/C26H36N4O3/c1-4-7-15-27-25(32)20-11-13-22(14-12-20)29-24(31)19-28-23-10-8-9-21(18-23)26(33)30(16-5-2)17-6-3/h8-14,18,28H,4-7,15-17,19H2,1-3H3,(H,27,32)(H,29,31). The van der Waals surface area contributed by atoms with Gasteiger partial charge in [0.25, 0.3) is 11.8 Å². The van der Waals surface area contributed by atoms with Gasteiger partial charge in [0.15, 0.2) is 0 Å². The second kappa shape index (κ2) is 13.9. The number of carbonyl (C=O) groups is 3. The van der Waals surface area contributed by atoms with Crippen LogP contribution in [0.1, 0.15) is 67.2 Å². The number of rotatable bonds is 13. The highest BCUT2D eigenvalue weighted by molar-refractivity contribution is 5.97. The lowest BCUT2D eigenvalue weighted by atomic mass is 10.1. The van der Waals surface area contributed by atoms with E-state index in [2.05, 4.69) is 36.7 Å². The Bertz CT molecular complexity index is 906. The highest BCUT2D eigenvalue weighted by Gasteiger charge is 2.14. The zero-order valence-electron chi connectivity index (χ0n) is 19.9. The smallest absolute Gasteiger partial charge is 0.253 e. The summed E-state index contributed by atoms with van der Waals surface area (Å²) in [5.41, 5.74) is 2.49. The van der Waals surface area contributed by atoms with Crippen LogP contribution in [0.5, 0.6) is 0 Å². The van der Waals surface area contributed by atoms with Crippen molar-refractivity contribution in [1.29, 1.82) is 0 Å². The molecule has 33 heavy (non-hydrogen) atoms. The number of carbonyl (C=O) groups excluding carboxylic acids is 3. The van der Waals surface area contributed by atoms with Gasteiger partial charge in [0.05, 0.1) is 6.54 Å². The molecule has 3 amide bonds. The van der Waals surface area contributed by atoms with Crippen LogP contribution in [0.15, 0.2) is 48.5 Å². The summed E-state index contributed by atoms with van der Waals surface area (Å²) in [5, 5.41) is 8.75. The normalized spacial score (nSPS) is 10.4. The maximum Gasteiger partial charge on any atom is 0.253 e. The fraction of sp³-hybridized carbons (Fsp3) is 0.423. The zero-order valence-corrected chi connectivity index (χ0v) is 19.9. The van der Waals surface area contributed by atoms with E-state index < -0.39 is 0 Å². The monoisotopic (exact) mass is 452 g/mol. The third kappa shape index (κ3) is 8.60. The first kappa shape index (κ1) is 25.9. The largest absolute Gasteiger partial charge is 0.376 e. The summed E-state index contributed by atoms with van der Waals surface area (Å²) in [7, 11) is 0. The molecule has 0 radical (unpaired) electrons. The average molecular weight is 453 g/mol. The van der Waals surface area contributed by atoms with Crippen molar-refractivity contribution >= 4 is 29.1 Å². The van der Waals surface area contributed by atoms with Crippen LogP contribution < -0.4 is 16.0 Å². The van der Waals surface area contributed by atoms with Gasteiger partial charge >= 0.3 is 0 Å². The van der Waals surface area contributed by atoms with Crippen molar-refractivity contribution in [3.8, 4) is 0 Å². The molecule has 0 saturated heterocycles. The molecule has 0 unspecified atom stereocenters. The molecule has 2 aromatic rings. The predicted octanol–water partition coefficient (Wildman–Crippen LogP) is 4.53. The number of amides is 3. The van der Waals surface area contributed by atoms with Gasteiger partial charge in [-0.3, -0.25) is 14.4 Å². The Balaban J connectivity index is 1.89. The van der Waals surface area contributed by atoms with E-state index in [-0.39, 0.29) is 24.3 Å². The molecule has 178 valence electrons. The maximum atomic E-state index is 12.8. The number of nitrogens with one attached hydrogen (secondary N) is 3. The number of benzene rings is 2. The molecule has 0 aliphatic heterocycles. The Morgan fingerprint density at radius 2 is 1.52 bits per heavy atom. The van der Waals surface area contributed by atoms with E-state index in [0.717, 1.165) is 38.8 Å². The van der Waals surface area contributed by atoms with Gasteiger partial charge in [0.1, 0.15) is 0 Å². The summed E-state index contributed by atoms with van der Waals surface area (Å²) in [4.78, 5) is 39.1. The van der Waals surface area contributed by atoms with E-state index in [0.29, 0.717) is 29.0 Å². The molecule has 2 rings (SSSR count). The van der Waals surface area contributed by atoms with Crippen molar-refractivity contribution in [2.24, 2.45) is 0 Å². The van der Waals surface area contributed by atoms with Crippen LogP contribution in [-0.4, -0.2) is 48.8 Å². The molecule has 3 N–H and O–H groups in total. The first-order valence-corrected chi connectivity index (χ1v) is 11.8. The lowest BCUT2D eigenvalue weighted by Crippen LogP contribution is -2.32. The van der Waals surface area contributed by atoms with Gasteiger partial charge in [-0.25, -0.2) is 0 Å². The van der Waals surface area contributed by atoms with Crippen molar-refractivity contribution < 1.29 is 14.4 Å². The summed E-state index contributed by atoms with van der Waals surface area (Å²) in [6.45, 7) is 8.36. The van der Waals surface area contributed by atoms with Gasteiger partial charge in [-0.1, -0.05) is 33.3 Å². The van der Waals surface area contributed by atoms with Gasteiger partial charge in [0, 0.05) is 42.1 Å². The number of nitrogens with zero attached hydrogens (tertiary/aromatic N) is 1. The fourth-order valence-electron chi connectivity index (χ4n) is 3.37. The lowest BCUT2D eigenvalue weighted by molar-refractivity contribution is -0.114. The third-order valence-corrected chi connectivity index (χ3v) is 5.08. The molecular formula is C26H36N4O3. The van der Waals surface area contributed by atoms with Gasteiger partial charge in [-0.15, -0.1) is 0 Å². The molecule has 0 fully saturated rings. The van der Waals surface area contributed by atoms with Crippen LogP contribution >= 0.6 is 0 Å². The van der Waals surface area contributed by atoms with E-state index in [1.54, 1.807) is 36.4 Å². The maximum absolute atomic E-state index is 12.8. The van der Waals surface area contributed by atoms with E-state index in [4.69, 9.17) is 0 Å². The van der Waals surface area contributed by atoms with Crippen LogP contribution in [0.3, 0.4) is 0 Å². The van der Waals surface area contributed by atoms with Crippen molar-refractivity contribution in [1.82, 2.24) is 10.2 Å². The quantitative estimate of drug-likeness (QED) is 0.390. The minimum atomic E-state index is -0.217. The van der Waals surface area contributed by atoms with Crippen molar-refractivity contribution in [2.45, 2.75) is 46.5 Å². The van der Waals surface area contributed by atoms with Crippen molar-refractivity contribution in [3.63, 3.8) is 0 Å². The van der Waals surface area contributed by atoms with Crippen LogP contribution in [0.2, 0.25) is 0 Å². The van der Waals surface area contributed by atoms with E-state index in [1.807, 2.05) is 17.0 Å². The Hall–Kier alpha value is -3.35. The summed E-state index contributed by atoms with van der Waals surface area (Å²) in [5.74, 6) is -0.329. The first-order chi connectivity index (χ1) is 16.0. The molecule has 0 spiro atoms. The molecule has 0 heterocycles. The van der Waals surface area contributed by atoms with E-state index in [9.17, 15) is 14.4 Å². The molecular weight excluding hydrogens is 416 g/mol. The fourth-order valence-corrected chi connectivity index (χ4v) is 3.37. The lowest BCUT2D eigenvalue weighted by Gasteiger charge is -2.21. The highest BCUT2D eigenvalue weighted by atomic mass is 16.2. The number of anilines is 2. The van der Waals surface area contributed by atoms with Crippen LogP contribution in [-0.2, 0) is 4.79 Å². The Morgan fingerprint density at radius 3 is 2.15 bits per heavy atom. The summed E-state index contributed by atoms with van der Waals surface area (Å²) in [6.07, 6.45) is 3.79. The van der Waals surface area contributed by atoms with Crippen molar-refractivity contribution in [3.05, 3.63) is 59.7 Å². The number of hydrogen-bond acceptors (Lipinski definition) is 4. The predicted molar refractivity (Wildman–Crippen MR) is 134 cm³/mol. The Labute approximate surface area is 196 Å². The average Bonchev–Trinajstić information content (AvgIpc) is 2.83. The Kier molecular flexibility index (Phi) is 10.9. The molecule has 2 aromatic carbocycles. The number of hydrogen-bond donors (Lipinski definition) is 3. The highest BCUT2D eigenvalue weighted by Crippen LogP contribution is 2.14. The molecule has 0 atom stereocenters. The van der Waals surface area contributed by atoms with Gasteiger partial charge in [0.2, 0.25) is 5.91 Å². The summed E-state index contributed by atoms with van der Waals surface area (Å²) >= 11 is 0. The topological polar surface area (TPSA) is 90.5 Å². The summed E-state index contributed by atoms with van der Waals surface area (Å²) in [6, 6.07) is 14.0. The van der Waals surface area contributed by atoms with Gasteiger partial charge in [-0.05, 0) is 61.7 Å². The van der Waals surface area contributed by atoms with E-state index in [1.165, 1.54) is 0 Å². The zero-order chi connectivity index (χ0) is 24.1. The second-order valence-electron chi connectivity index (χ2n) is 7.96. The number of unbranched alkanes of at least 4 members (excludes halogenated alkanes) is 1. The van der Waals surface area contributed by atoms with Crippen LogP contribution in [0.25, 0.3) is 0 Å². The summed E-state index contributed by atoms with van der Waals surface area (Å²) < 4.78 is 0. The first-order valence-electron chi connectivity index (χ1n) is 11.8. The molecule has 0 bridgehead atoms. The second-order valence-corrected chi connectivity index (χ2v) is 7.96. The molecule has 0 aliphatic rings. The molecule has 0 aromatic heterocycles. The van der Waals surface area contributed by atoms with Crippen LogP contribution in [0.4, 0.5) is 11.4 Å². The van der Waals surface area contributed by atoms with E-state index >= 15 is 0 Å². The minimum Gasteiger partial charge on any atom is -0.376 e. The van der Waals surface area contributed by atoms with Gasteiger partial charge < -0.3 is 20.9 Å². The molecule has 0 saturated carbocycles. The SMILES string of the molecule is CCCCNC(=O)c1ccc(NC(=O)CNc2cccc(C(=O)N(CCC)CCC)c2)cc1. The van der Waals surface area contributed by atoms with Gasteiger partial charge in [-0.2, -0.15) is 0 Å². The third-order valence-electron chi connectivity index (χ3n) is 5.08. The Morgan fingerprint density at radius 1 is 0.818 bits per heavy atom. The molecule has 0 aliphatic carbocycles. The molecule has 7 heteroatoms.